The van der Waals surface area contributed by atoms with E-state index >= 15 is 0 Å². The van der Waals surface area contributed by atoms with Gasteiger partial charge in [-0.1, -0.05) is 6.92 Å². The number of hydrogen-bond acceptors (Lipinski definition) is 5. The molecule has 7 heteroatoms. The second kappa shape index (κ2) is 5.67. The van der Waals surface area contributed by atoms with Crippen LogP contribution in [0.2, 0.25) is 0 Å². The number of sulfone groups is 2. The summed E-state index contributed by atoms with van der Waals surface area (Å²) in [7, 11) is -5.95. The van der Waals surface area contributed by atoms with E-state index in [1.54, 1.807) is 13.8 Å². The Morgan fingerprint density at radius 3 is 2.59 bits per heavy atom. The molecule has 17 heavy (non-hydrogen) atoms. The van der Waals surface area contributed by atoms with Crippen molar-refractivity contribution in [1.82, 2.24) is 5.32 Å². The van der Waals surface area contributed by atoms with Crippen molar-refractivity contribution >= 4 is 19.7 Å². The SMILES string of the molecule is CCS(=O)(=O)CC(C)NC1CCCS(=O)(=O)C1. The molecule has 0 aromatic carbocycles. The third-order valence-electron chi connectivity index (χ3n) is 2.93. The maximum absolute atomic E-state index is 11.4. The van der Waals surface area contributed by atoms with Crippen LogP contribution in [0.3, 0.4) is 0 Å². The first-order chi connectivity index (χ1) is 7.74. The molecule has 0 bridgehead atoms. The zero-order chi connectivity index (χ0) is 13.1. The first-order valence-corrected chi connectivity index (χ1v) is 9.55. The second-order valence-corrected chi connectivity index (χ2v) is 9.35. The molecule has 0 spiro atoms. The van der Waals surface area contributed by atoms with E-state index in [1.807, 2.05) is 0 Å². The van der Waals surface area contributed by atoms with Gasteiger partial charge in [-0.15, -0.1) is 0 Å². The maximum Gasteiger partial charge on any atom is 0.151 e. The fourth-order valence-corrected chi connectivity index (χ4v) is 4.85. The van der Waals surface area contributed by atoms with Gasteiger partial charge in [0.15, 0.2) is 19.7 Å². The number of rotatable bonds is 5. The van der Waals surface area contributed by atoms with E-state index in [4.69, 9.17) is 0 Å². The van der Waals surface area contributed by atoms with E-state index in [0.717, 1.165) is 6.42 Å². The summed E-state index contributed by atoms with van der Waals surface area (Å²) >= 11 is 0. The minimum Gasteiger partial charge on any atom is -0.309 e. The smallest absolute Gasteiger partial charge is 0.151 e. The predicted molar refractivity (Wildman–Crippen MR) is 68.6 cm³/mol. The minimum atomic E-state index is -3.01. The molecular formula is C10H21NO4S2. The average Bonchev–Trinajstić information content (AvgIpc) is 2.14. The van der Waals surface area contributed by atoms with Crippen molar-refractivity contribution < 1.29 is 16.8 Å². The topological polar surface area (TPSA) is 80.3 Å². The normalized spacial score (nSPS) is 26.6. The summed E-state index contributed by atoms with van der Waals surface area (Å²) in [6.45, 7) is 3.40. The lowest BCUT2D eigenvalue weighted by Gasteiger charge is -2.26. The van der Waals surface area contributed by atoms with Crippen LogP contribution < -0.4 is 5.32 Å². The molecule has 0 amide bonds. The number of nitrogens with one attached hydrogen (secondary N) is 1. The summed E-state index contributed by atoms with van der Waals surface area (Å²) in [6, 6.07) is -0.297. The summed E-state index contributed by atoms with van der Waals surface area (Å²) in [5.74, 6) is 0.582. The predicted octanol–water partition coefficient (Wildman–Crippen LogP) is -0.0236. The van der Waals surface area contributed by atoms with Crippen molar-refractivity contribution in [3.8, 4) is 0 Å². The van der Waals surface area contributed by atoms with Crippen molar-refractivity contribution in [3.63, 3.8) is 0 Å². The molecule has 0 saturated carbocycles. The van der Waals surface area contributed by atoms with Crippen LogP contribution in [0.25, 0.3) is 0 Å². The summed E-state index contributed by atoms with van der Waals surface area (Å²) in [5, 5.41) is 3.11. The highest BCUT2D eigenvalue weighted by atomic mass is 32.2. The molecule has 1 aliphatic heterocycles. The Labute approximate surface area is 104 Å². The molecule has 0 aromatic rings. The molecule has 5 nitrogen and oxygen atoms in total. The number of hydrogen-bond donors (Lipinski definition) is 1. The molecule has 0 aromatic heterocycles. The van der Waals surface area contributed by atoms with Gasteiger partial charge in [-0.05, 0) is 19.8 Å². The van der Waals surface area contributed by atoms with E-state index < -0.39 is 19.7 Å². The van der Waals surface area contributed by atoms with Gasteiger partial charge in [-0.25, -0.2) is 16.8 Å². The highest BCUT2D eigenvalue weighted by Crippen LogP contribution is 2.12. The molecule has 0 radical (unpaired) electrons. The van der Waals surface area contributed by atoms with E-state index in [1.165, 1.54) is 0 Å². The molecular weight excluding hydrogens is 262 g/mol. The Morgan fingerprint density at radius 1 is 1.41 bits per heavy atom. The average molecular weight is 283 g/mol. The standard InChI is InChI=1S/C10H21NO4S2/c1-3-16(12,13)7-9(2)11-10-5-4-6-17(14,15)8-10/h9-11H,3-8H2,1-2H3. The van der Waals surface area contributed by atoms with Crippen LogP contribution in [-0.2, 0) is 19.7 Å². The Hall–Kier alpha value is -0.140. The fraction of sp³-hybridized carbons (Fsp3) is 1.00. The van der Waals surface area contributed by atoms with Gasteiger partial charge in [0.05, 0.1) is 17.3 Å². The van der Waals surface area contributed by atoms with Crippen LogP contribution in [0.15, 0.2) is 0 Å². The molecule has 1 aliphatic rings. The Bertz CT molecular complexity index is 441. The Kier molecular flexibility index (Phi) is 4.97. The lowest BCUT2D eigenvalue weighted by molar-refractivity contribution is 0.444. The molecule has 1 saturated heterocycles. The van der Waals surface area contributed by atoms with Gasteiger partial charge in [-0.3, -0.25) is 0 Å². The van der Waals surface area contributed by atoms with Crippen molar-refractivity contribution in [2.75, 3.05) is 23.0 Å². The monoisotopic (exact) mass is 283 g/mol. The lowest BCUT2D eigenvalue weighted by atomic mass is 10.1. The first kappa shape index (κ1) is 14.9. The molecule has 2 unspecified atom stereocenters. The van der Waals surface area contributed by atoms with Gasteiger partial charge in [0.2, 0.25) is 0 Å². The lowest BCUT2D eigenvalue weighted by Crippen LogP contribution is -2.46. The first-order valence-electron chi connectivity index (χ1n) is 5.91. The maximum atomic E-state index is 11.4. The summed E-state index contributed by atoms with van der Waals surface area (Å²) in [4.78, 5) is 0. The van der Waals surface area contributed by atoms with E-state index in [0.29, 0.717) is 6.42 Å². The van der Waals surface area contributed by atoms with E-state index in [2.05, 4.69) is 5.32 Å². The Balaban J connectivity index is 2.49. The van der Waals surface area contributed by atoms with Crippen LogP contribution in [0.5, 0.6) is 0 Å². The van der Waals surface area contributed by atoms with Gasteiger partial charge in [-0.2, -0.15) is 0 Å². The van der Waals surface area contributed by atoms with Gasteiger partial charge >= 0.3 is 0 Å². The molecule has 1 heterocycles. The third-order valence-corrected chi connectivity index (χ3v) is 6.64. The molecule has 1 rings (SSSR count). The molecule has 1 fully saturated rings. The molecule has 0 aliphatic carbocycles. The quantitative estimate of drug-likeness (QED) is 0.767. The van der Waals surface area contributed by atoms with Crippen LogP contribution in [0.1, 0.15) is 26.7 Å². The summed E-state index contributed by atoms with van der Waals surface area (Å²) < 4.78 is 45.7. The zero-order valence-corrected chi connectivity index (χ0v) is 12.0. The van der Waals surface area contributed by atoms with Crippen LogP contribution in [0.4, 0.5) is 0 Å². The summed E-state index contributed by atoms with van der Waals surface area (Å²) in [5.41, 5.74) is 0. The summed E-state index contributed by atoms with van der Waals surface area (Å²) in [6.07, 6.45) is 1.46. The van der Waals surface area contributed by atoms with Crippen LogP contribution in [-0.4, -0.2) is 51.9 Å². The van der Waals surface area contributed by atoms with E-state index in [9.17, 15) is 16.8 Å². The van der Waals surface area contributed by atoms with Crippen molar-refractivity contribution in [3.05, 3.63) is 0 Å². The van der Waals surface area contributed by atoms with Crippen molar-refractivity contribution in [2.45, 2.75) is 38.8 Å². The fourth-order valence-electron chi connectivity index (χ4n) is 2.10. The second-order valence-electron chi connectivity index (χ2n) is 4.72. The molecule has 1 N–H and O–H groups in total. The zero-order valence-electron chi connectivity index (χ0n) is 10.3. The highest BCUT2D eigenvalue weighted by molar-refractivity contribution is 7.91. The molecule has 2 atom stereocenters. The van der Waals surface area contributed by atoms with Gasteiger partial charge in [0.1, 0.15) is 0 Å². The highest BCUT2D eigenvalue weighted by Gasteiger charge is 2.26. The van der Waals surface area contributed by atoms with E-state index in [-0.39, 0.29) is 35.1 Å². The van der Waals surface area contributed by atoms with Crippen molar-refractivity contribution in [1.29, 1.82) is 0 Å². The largest absolute Gasteiger partial charge is 0.309 e. The minimum absolute atomic E-state index is 0.0695. The van der Waals surface area contributed by atoms with Gasteiger partial charge in [0, 0.05) is 17.8 Å². The molecule has 102 valence electrons. The Morgan fingerprint density at radius 2 is 2.06 bits per heavy atom. The van der Waals surface area contributed by atoms with Crippen molar-refractivity contribution in [2.24, 2.45) is 0 Å². The third kappa shape index (κ3) is 5.35. The van der Waals surface area contributed by atoms with Gasteiger partial charge in [0.25, 0.3) is 0 Å². The van der Waals surface area contributed by atoms with Gasteiger partial charge < -0.3 is 5.32 Å². The van der Waals surface area contributed by atoms with Crippen LogP contribution >= 0.6 is 0 Å². The van der Waals surface area contributed by atoms with Crippen LogP contribution in [0, 0.1) is 0 Å².